The predicted octanol–water partition coefficient (Wildman–Crippen LogP) is 7.20. The minimum Gasteiger partial charge on any atom is -0.371 e. The van der Waals surface area contributed by atoms with Gasteiger partial charge >= 0.3 is 0 Å². The lowest BCUT2D eigenvalue weighted by molar-refractivity contribution is -0.141. The van der Waals surface area contributed by atoms with Crippen LogP contribution in [0.1, 0.15) is 93.5 Å². The molecule has 5 aliphatic heterocycles. The van der Waals surface area contributed by atoms with Crippen molar-refractivity contribution in [1.29, 1.82) is 0 Å². The number of halogens is 3. The first-order chi connectivity index (χ1) is 28.1. The summed E-state index contributed by atoms with van der Waals surface area (Å²) in [6.07, 6.45) is 8.75. The third-order valence-corrected chi connectivity index (χ3v) is 14.7. The van der Waals surface area contributed by atoms with Gasteiger partial charge in [0.05, 0.1) is 27.9 Å². The molecule has 58 heavy (non-hydrogen) atoms. The normalized spacial score (nSPS) is 22.5. The lowest BCUT2D eigenvalue weighted by Crippen LogP contribution is -2.56. The van der Waals surface area contributed by atoms with E-state index in [1.54, 1.807) is 0 Å². The molecule has 0 N–H and O–H groups in total. The minimum atomic E-state index is -0.952. The molecule has 302 valence electrons. The second kappa shape index (κ2) is 14.7. The summed E-state index contributed by atoms with van der Waals surface area (Å²) in [5.41, 5.74) is 4.07. The SMILES string of the molecule is O=C([C@@H]1CCN(c2cc(F)c(N3C(=O)CCCC3=O)c(F)c2)C1)N1CC(CN2CCC(c3ccc4c(c3)-n3c(nc(=O)c5c(Br)cccc53)C43CCCCC3)CC2)C1. The van der Waals surface area contributed by atoms with Crippen molar-refractivity contribution in [1.82, 2.24) is 19.4 Å². The van der Waals surface area contributed by atoms with Gasteiger partial charge in [-0.25, -0.2) is 13.7 Å². The molecule has 4 aromatic rings. The third-order valence-electron chi connectivity index (χ3n) is 14.0. The summed E-state index contributed by atoms with van der Waals surface area (Å²) in [5, 5.41) is 0.633. The lowest BCUT2D eigenvalue weighted by atomic mass is 9.69. The van der Waals surface area contributed by atoms with Crippen LogP contribution in [0.2, 0.25) is 0 Å². The summed E-state index contributed by atoms with van der Waals surface area (Å²) in [5.74, 6) is -1.49. The second-order valence-corrected chi connectivity index (χ2v) is 18.3. The number of rotatable bonds is 6. The summed E-state index contributed by atoms with van der Waals surface area (Å²) < 4.78 is 33.5. The fourth-order valence-corrected chi connectivity index (χ4v) is 11.6. The van der Waals surface area contributed by atoms with Gasteiger partial charge in [0, 0.05) is 61.6 Å². The van der Waals surface area contributed by atoms with E-state index in [0.29, 0.717) is 53.7 Å². The molecule has 1 atom stereocenters. The van der Waals surface area contributed by atoms with E-state index < -0.39 is 29.1 Å². The molecule has 6 aliphatic rings. The van der Waals surface area contributed by atoms with E-state index in [4.69, 9.17) is 4.98 Å². The van der Waals surface area contributed by atoms with Crippen LogP contribution in [0.3, 0.4) is 0 Å². The highest BCUT2D eigenvalue weighted by molar-refractivity contribution is 9.10. The summed E-state index contributed by atoms with van der Waals surface area (Å²) in [6.45, 7) is 5.26. The molecule has 1 aromatic heterocycles. The van der Waals surface area contributed by atoms with Gasteiger partial charge in [0.2, 0.25) is 17.7 Å². The first-order valence-corrected chi connectivity index (χ1v) is 21.9. The molecule has 1 saturated carbocycles. The van der Waals surface area contributed by atoms with E-state index in [2.05, 4.69) is 49.7 Å². The van der Waals surface area contributed by atoms with Crippen LogP contribution in [0.4, 0.5) is 20.2 Å². The van der Waals surface area contributed by atoms with Crippen molar-refractivity contribution in [3.8, 4) is 5.69 Å². The van der Waals surface area contributed by atoms with E-state index in [-0.39, 0.29) is 35.6 Å². The van der Waals surface area contributed by atoms with Gasteiger partial charge in [0.25, 0.3) is 5.56 Å². The van der Waals surface area contributed by atoms with Crippen molar-refractivity contribution in [2.24, 2.45) is 11.8 Å². The van der Waals surface area contributed by atoms with Crippen LogP contribution in [0.25, 0.3) is 16.6 Å². The molecule has 10 rings (SSSR count). The van der Waals surface area contributed by atoms with Crippen LogP contribution in [-0.4, -0.2) is 82.9 Å². The molecule has 13 heteroatoms. The fourth-order valence-electron chi connectivity index (χ4n) is 11.0. The number of fused-ring (bicyclic) bond motifs is 7. The number of piperidine rings is 2. The van der Waals surface area contributed by atoms with Crippen molar-refractivity contribution in [3.63, 3.8) is 0 Å². The van der Waals surface area contributed by atoms with Crippen LogP contribution in [-0.2, 0) is 19.8 Å². The Morgan fingerprint density at radius 3 is 2.29 bits per heavy atom. The molecule has 1 aliphatic carbocycles. The highest BCUT2D eigenvalue weighted by Gasteiger charge is 2.47. The highest BCUT2D eigenvalue weighted by atomic mass is 79.9. The number of hydrogen-bond acceptors (Lipinski definition) is 7. The molecule has 0 unspecified atom stereocenters. The molecule has 3 aromatic carbocycles. The van der Waals surface area contributed by atoms with Crippen molar-refractivity contribution in [2.45, 2.75) is 82.0 Å². The summed E-state index contributed by atoms with van der Waals surface area (Å²) in [7, 11) is 0. The summed E-state index contributed by atoms with van der Waals surface area (Å²) in [6, 6.07) is 15.4. The van der Waals surface area contributed by atoms with Crippen molar-refractivity contribution in [3.05, 3.63) is 91.9 Å². The molecule has 1 spiro atoms. The maximum absolute atomic E-state index is 15.2. The molecule has 4 saturated heterocycles. The zero-order valence-corrected chi connectivity index (χ0v) is 34.1. The maximum atomic E-state index is 15.2. The Morgan fingerprint density at radius 2 is 1.57 bits per heavy atom. The molecule has 0 bridgehead atoms. The average molecular weight is 854 g/mol. The Morgan fingerprint density at radius 1 is 0.845 bits per heavy atom. The smallest absolute Gasteiger partial charge is 0.281 e. The Bertz CT molecular complexity index is 2380. The van der Waals surface area contributed by atoms with Crippen LogP contribution in [0, 0.1) is 23.5 Å². The zero-order chi connectivity index (χ0) is 39.9. The van der Waals surface area contributed by atoms with Gasteiger partial charge < -0.3 is 14.7 Å². The largest absolute Gasteiger partial charge is 0.371 e. The number of imide groups is 1. The number of aromatic nitrogens is 2. The Labute approximate surface area is 344 Å². The first-order valence-electron chi connectivity index (χ1n) is 21.1. The van der Waals surface area contributed by atoms with Gasteiger partial charge in [0.1, 0.15) is 11.5 Å². The van der Waals surface area contributed by atoms with Crippen LogP contribution in [0.15, 0.2) is 57.8 Å². The molecule has 3 amide bonds. The number of nitrogens with zero attached hydrogens (tertiary/aromatic N) is 6. The van der Waals surface area contributed by atoms with Gasteiger partial charge in [-0.2, -0.15) is 4.98 Å². The number of carbonyl (C=O) groups excluding carboxylic acids is 3. The van der Waals surface area contributed by atoms with E-state index in [1.807, 2.05) is 21.9 Å². The Balaban J connectivity index is 0.755. The van der Waals surface area contributed by atoms with E-state index in [1.165, 1.54) is 35.4 Å². The number of benzene rings is 3. The average Bonchev–Trinajstić information content (AvgIpc) is 3.79. The molecule has 5 fully saturated rings. The zero-order valence-electron chi connectivity index (χ0n) is 32.5. The highest BCUT2D eigenvalue weighted by Crippen LogP contribution is 2.52. The lowest BCUT2D eigenvalue weighted by Gasteiger charge is -2.44. The molecule has 6 heterocycles. The standard InChI is InChI=1S/C45H47BrF2N6O4/c46-33-6-4-7-36-40(33)42(57)49-44-45(15-2-1-3-16-45)32-11-10-29(20-37(32)53(36)44)28-12-17-50(18-13-28)23-27-24-52(25-27)43(58)30-14-19-51(26-30)31-21-34(47)41(35(48)22-31)54-38(55)8-5-9-39(54)56/h4,6-7,10-11,20-22,27-28,30H,1-3,5,8-9,12-19,23-26H2/t30-/m1/s1. The minimum absolute atomic E-state index is 0.0753. The quantitative estimate of drug-likeness (QED) is 0.190. The molecule has 0 radical (unpaired) electrons. The van der Waals surface area contributed by atoms with Crippen molar-refractivity contribution in [2.75, 3.05) is 55.6 Å². The van der Waals surface area contributed by atoms with Crippen LogP contribution in [0.5, 0.6) is 0 Å². The van der Waals surface area contributed by atoms with Gasteiger partial charge in [-0.05, 0) is 115 Å². The van der Waals surface area contributed by atoms with E-state index >= 15 is 8.78 Å². The topological polar surface area (TPSA) is 99.1 Å². The third kappa shape index (κ3) is 6.21. The fraction of sp³-hybridized carbons (Fsp3) is 0.489. The van der Waals surface area contributed by atoms with Gasteiger partial charge in [-0.3, -0.25) is 23.7 Å². The molecular formula is C45H47BrF2N6O4. The molecular weight excluding hydrogens is 806 g/mol. The predicted molar refractivity (Wildman–Crippen MR) is 220 cm³/mol. The van der Waals surface area contributed by atoms with E-state index in [9.17, 15) is 19.2 Å². The summed E-state index contributed by atoms with van der Waals surface area (Å²) >= 11 is 3.63. The number of carbonyl (C=O) groups is 3. The number of amides is 3. The van der Waals surface area contributed by atoms with Gasteiger partial charge in [0.15, 0.2) is 11.6 Å². The molecule has 10 nitrogen and oxygen atoms in total. The van der Waals surface area contributed by atoms with Crippen molar-refractivity contribution >= 4 is 55.9 Å². The van der Waals surface area contributed by atoms with E-state index in [0.717, 1.165) is 87.1 Å². The van der Waals surface area contributed by atoms with Crippen molar-refractivity contribution < 1.29 is 23.2 Å². The number of anilines is 2. The number of hydrogen-bond donors (Lipinski definition) is 0. The maximum Gasteiger partial charge on any atom is 0.281 e. The van der Waals surface area contributed by atoms with Crippen LogP contribution < -0.4 is 15.4 Å². The van der Waals surface area contributed by atoms with Gasteiger partial charge in [-0.15, -0.1) is 0 Å². The summed E-state index contributed by atoms with van der Waals surface area (Å²) in [4.78, 5) is 63.3. The Hall–Kier alpha value is -4.49. The number of likely N-dealkylation sites (tertiary alicyclic amines) is 2. The van der Waals surface area contributed by atoms with Gasteiger partial charge in [-0.1, -0.05) is 37.5 Å². The first kappa shape index (κ1) is 37.8. The van der Waals surface area contributed by atoms with Crippen LogP contribution >= 0.6 is 15.9 Å². The monoisotopic (exact) mass is 852 g/mol. The Kier molecular flexibility index (Phi) is 9.54. The second-order valence-electron chi connectivity index (χ2n) is 17.5.